The third-order valence-electron chi connectivity index (χ3n) is 4.92. The van der Waals surface area contributed by atoms with Gasteiger partial charge < -0.3 is 14.4 Å². The summed E-state index contributed by atoms with van der Waals surface area (Å²) in [5.74, 6) is 1.53. The number of carbonyl (C=O) groups is 1. The lowest BCUT2D eigenvalue weighted by Crippen LogP contribution is -2.32. The number of hydrogen-bond donors (Lipinski definition) is 0. The lowest BCUT2D eigenvalue weighted by molar-refractivity contribution is -0.132. The molecule has 1 aromatic carbocycles. The van der Waals surface area contributed by atoms with Gasteiger partial charge in [0, 0.05) is 33.3 Å². The summed E-state index contributed by atoms with van der Waals surface area (Å²) in [6, 6.07) is 8.13. The normalized spacial score (nSPS) is 21.4. The molecule has 0 saturated carbocycles. The van der Waals surface area contributed by atoms with Gasteiger partial charge in [0.25, 0.3) is 5.91 Å². The Kier molecular flexibility index (Phi) is 6.10. The second-order valence-electron chi connectivity index (χ2n) is 6.87. The molecule has 0 radical (unpaired) electrons. The zero-order valence-electron chi connectivity index (χ0n) is 14.6. The smallest absolute Gasteiger partial charge is 0.260 e. The maximum atomic E-state index is 12.0. The van der Waals surface area contributed by atoms with Gasteiger partial charge in [-0.05, 0) is 49.4 Å². The van der Waals surface area contributed by atoms with E-state index in [9.17, 15) is 4.79 Å². The summed E-state index contributed by atoms with van der Waals surface area (Å²) in [5.41, 5.74) is 1.28. The largest absolute Gasteiger partial charge is 0.484 e. The van der Waals surface area contributed by atoms with Gasteiger partial charge in [-0.25, -0.2) is 0 Å². The van der Waals surface area contributed by atoms with Gasteiger partial charge in [-0.3, -0.25) is 9.69 Å². The molecule has 3 rings (SSSR count). The van der Waals surface area contributed by atoms with Crippen LogP contribution in [0.2, 0.25) is 0 Å². The molecule has 1 atom stereocenters. The van der Waals surface area contributed by atoms with Crippen molar-refractivity contribution in [3.8, 4) is 5.75 Å². The molecule has 0 spiro atoms. The number of rotatable bonds is 7. The molecular weight excluding hydrogens is 304 g/mol. The van der Waals surface area contributed by atoms with E-state index in [2.05, 4.69) is 17.0 Å². The minimum absolute atomic E-state index is 0.0952. The molecule has 2 aliphatic heterocycles. The van der Waals surface area contributed by atoms with Crippen LogP contribution in [0.5, 0.6) is 5.75 Å². The van der Waals surface area contributed by atoms with Crippen LogP contribution in [0.25, 0.3) is 0 Å². The second-order valence-corrected chi connectivity index (χ2v) is 6.87. The molecule has 0 aliphatic carbocycles. The number of nitrogens with zero attached hydrogens (tertiary/aromatic N) is 2. The number of methoxy groups -OCH3 is 1. The van der Waals surface area contributed by atoms with E-state index in [1.807, 2.05) is 17.0 Å². The Labute approximate surface area is 144 Å². The van der Waals surface area contributed by atoms with Crippen LogP contribution in [-0.2, 0) is 16.1 Å². The molecule has 0 unspecified atom stereocenters. The van der Waals surface area contributed by atoms with Gasteiger partial charge in [-0.2, -0.15) is 0 Å². The van der Waals surface area contributed by atoms with Crippen LogP contribution in [0.1, 0.15) is 24.8 Å². The Hall–Kier alpha value is -1.59. The zero-order valence-corrected chi connectivity index (χ0v) is 14.6. The second kappa shape index (κ2) is 8.49. The molecule has 0 N–H and O–H groups in total. The third-order valence-corrected chi connectivity index (χ3v) is 4.92. The maximum absolute atomic E-state index is 12.0. The quantitative estimate of drug-likeness (QED) is 0.767. The van der Waals surface area contributed by atoms with E-state index in [0.717, 1.165) is 57.9 Å². The molecule has 132 valence electrons. The maximum Gasteiger partial charge on any atom is 0.260 e. The number of likely N-dealkylation sites (tertiary alicyclic amines) is 2. The molecule has 0 bridgehead atoms. The predicted molar refractivity (Wildman–Crippen MR) is 93.0 cm³/mol. The van der Waals surface area contributed by atoms with Crippen LogP contribution < -0.4 is 4.74 Å². The van der Waals surface area contributed by atoms with Gasteiger partial charge in [-0.1, -0.05) is 12.1 Å². The molecule has 2 saturated heterocycles. The molecule has 2 fully saturated rings. The summed E-state index contributed by atoms with van der Waals surface area (Å²) in [5, 5.41) is 0. The van der Waals surface area contributed by atoms with Gasteiger partial charge >= 0.3 is 0 Å². The molecule has 24 heavy (non-hydrogen) atoms. The zero-order chi connectivity index (χ0) is 16.8. The minimum Gasteiger partial charge on any atom is -0.484 e. The van der Waals surface area contributed by atoms with Crippen molar-refractivity contribution in [1.29, 1.82) is 0 Å². The van der Waals surface area contributed by atoms with E-state index >= 15 is 0 Å². The monoisotopic (exact) mass is 332 g/mol. The van der Waals surface area contributed by atoms with Gasteiger partial charge in [0.15, 0.2) is 6.61 Å². The van der Waals surface area contributed by atoms with E-state index in [0.29, 0.717) is 5.92 Å². The van der Waals surface area contributed by atoms with Crippen LogP contribution in [0, 0.1) is 5.92 Å². The Morgan fingerprint density at radius 3 is 2.62 bits per heavy atom. The van der Waals surface area contributed by atoms with Crippen molar-refractivity contribution in [2.75, 3.05) is 46.5 Å². The van der Waals surface area contributed by atoms with Crippen molar-refractivity contribution < 1.29 is 14.3 Å². The van der Waals surface area contributed by atoms with Crippen LogP contribution in [0.4, 0.5) is 0 Å². The van der Waals surface area contributed by atoms with E-state index in [-0.39, 0.29) is 12.5 Å². The van der Waals surface area contributed by atoms with Gasteiger partial charge in [0.2, 0.25) is 0 Å². The molecule has 2 aliphatic rings. The third kappa shape index (κ3) is 4.71. The van der Waals surface area contributed by atoms with E-state index < -0.39 is 0 Å². The standard InChI is InChI=1S/C19H28N2O3/c1-23-14-17-8-11-20(13-17)12-16-4-6-18(7-5-16)24-15-19(22)21-9-2-3-10-21/h4-7,17H,2-3,8-15H2,1H3/t17-/m0/s1. The highest BCUT2D eigenvalue weighted by Crippen LogP contribution is 2.20. The summed E-state index contributed by atoms with van der Waals surface area (Å²) in [7, 11) is 1.77. The average molecular weight is 332 g/mol. The minimum atomic E-state index is 0.0952. The summed E-state index contributed by atoms with van der Waals surface area (Å²) >= 11 is 0. The van der Waals surface area contributed by atoms with Crippen LogP contribution >= 0.6 is 0 Å². The average Bonchev–Trinajstić information content (AvgIpc) is 3.26. The van der Waals surface area contributed by atoms with Crippen molar-refractivity contribution in [2.45, 2.75) is 25.8 Å². The van der Waals surface area contributed by atoms with E-state index in [1.165, 1.54) is 12.0 Å². The Morgan fingerprint density at radius 2 is 1.92 bits per heavy atom. The highest BCUT2D eigenvalue weighted by atomic mass is 16.5. The first-order valence-electron chi connectivity index (χ1n) is 8.95. The number of ether oxygens (including phenoxy) is 2. The molecular formula is C19H28N2O3. The van der Waals surface area contributed by atoms with Gasteiger partial charge in [0.05, 0.1) is 6.61 Å². The predicted octanol–water partition coefficient (Wildman–Crippen LogP) is 2.16. The molecule has 1 aromatic rings. The summed E-state index contributed by atoms with van der Waals surface area (Å²) in [4.78, 5) is 16.3. The van der Waals surface area contributed by atoms with Crippen LogP contribution in [0.15, 0.2) is 24.3 Å². The number of amides is 1. The van der Waals surface area contributed by atoms with Crippen molar-refractivity contribution in [3.63, 3.8) is 0 Å². The lowest BCUT2D eigenvalue weighted by Gasteiger charge is -2.17. The first-order valence-corrected chi connectivity index (χ1v) is 8.95. The Balaban J connectivity index is 1.42. The fourth-order valence-electron chi connectivity index (χ4n) is 3.58. The molecule has 2 heterocycles. The molecule has 5 heteroatoms. The molecule has 5 nitrogen and oxygen atoms in total. The van der Waals surface area contributed by atoms with E-state index in [1.54, 1.807) is 7.11 Å². The number of benzene rings is 1. The fourth-order valence-corrected chi connectivity index (χ4v) is 3.58. The van der Waals surface area contributed by atoms with Crippen molar-refractivity contribution >= 4 is 5.91 Å². The summed E-state index contributed by atoms with van der Waals surface area (Å²) < 4.78 is 10.9. The molecule has 0 aromatic heterocycles. The van der Waals surface area contributed by atoms with Crippen LogP contribution in [-0.4, -0.2) is 62.2 Å². The summed E-state index contributed by atoms with van der Waals surface area (Å²) in [6.07, 6.45) is 3.44. The SMILES string of the molecule is COC[C@H]1CCN(Cc2ccc(OCC(=O)N3CCCC3)cc2)C1. The Bertz CT molecular complexity index is 526. The lowest BCUT2D eigenvalue weighted by atomic mass is 10.1. The van der Waals surface area contributed by atoms with Crippen LogP contribution in [0.3, 0.4) is 0 Å². The highest BCUT2D eigenvalue weighted by Gasteiger charge is 2.22. The van der Waals surface area contributed by atoms with Crippen molar-refractivity contribution in [1.82, 2.24) is 9.80 Å². The number of hydrogen-bond acceptors (Lipinski definition) is 4. The first kappa shape index (κ1) is 17.2. The first-order chi connectivity index (χ1) is 11.7. The van der Waals surface area contributed by atoms with Crippen molar-refractivity contribution in [2.24, 2.45) is 5.92 Å². The van der Waals surface area contributed by atoms with Gasteiger partial charge in [-0.15, -0.1) is 0 Å². The highest BCUT2D eigenvalue weighted by molar-refractivity contribution is 5.78. The summed E-state index contributed by atoms with van der Waals surface area (Å²) in [6.45, 7) is 5.96. The fraction of sp³-hybridized carbons (Fsp3) is 0.632. The number of carbonyl (C=O) groups excluding carboxylic acids is 1. The van der Waals surface area contributed by atoms with E-state index in [4.69, 9.17) is 9.47 Å². The Morgan fingerprint density at radius 1 is 1.17 bits per heavy atom. The van der Waals surface area contributed by atoms with Gasteiger partial charge in [0.1, 0.15) is 5.75 Å². The van der Waals surface area contributed by atoms with Crippen molar-refractivity contribution in [3.05, 3.63) is 29.8 Å². The molecule has 1 amide bonds. The topological polar surface area (TPSA) is 42.0 Å².